The molecule has 4 heteroatoms. The summed E-state index contributed by atoms with van der Waals surface area (Å²) in [5.41, 5.74) is 2.64. The second kappa shape index (κ2) is 3.34. The quantitative estimate of drug-likeness (QED) is 0.758. The monoisotopic (exact) mass is 300 g/mol. The van der Waals surface area contributed by atoms with Gasteiger partial charge in [0.1, 0.15) is 5.65 Å². The van der Waals surface area contributed by atoms with Crippen LogP contribution in [0, 0.1) is 17.4 Å². The normalized spacial score (nSPS) is 10.8. The van der Waals surface area contributed by atoms with Gasteiger partial charge in [-0.05, 0) is 48.1 Å². The van der Waals surface area contributed by atoms with Crippen LogP contribution in [0.4, 0.5) is 0 Å². The van der Waals surface area contributed by atoms with E-state index in [0.29, 0.717) is 14.6 Å². The van der Waals surface area contributed by atoms with Gasteiger partial charge in [0.05, 0.1) is 8.96 Å². The van der Waals surface area contributed by atoms with Gasteiger partial charge in [0.25, 0.3) is 0 Å². The number of aromatic amines is 1. The molecule has 0 aliphatic rings. The van der Waals surface area contributed by atoms with Gasteiger partial charge in [-0.3, -0.25) is 4.79 Å². The number of pyridine rings is 2. The van der Waals surface area contributed by atoms with E-state index in [-0.39, 0.29) is 5.43 Å². The summed E-state index contributed by atoms with van der Waals surface area (Å²) < 4.78 is 0.698. The highest BCUT2D eigenvalue weighted by atomic mass is 127. The molecule has 0 bridgehead atoms. The van der Waals surface area contributed by atoms with Crippen LogP contribution in [-0.2, 0) is 0 Å². The first-order valence-corrected chi connectivity index (χ1v) is 5.32. The minimum atomic E-state index is 0.0596. The number of hydrogen-bond acceptors (Lipinski definition) is 2. The van der Waals surface area contributed by atoms with E-state index in [0.717, 1.165) is 11.3 Å². The van der Waals surface area contributed by atoms with Crippen LogP contribution < -0.4 is 5.43 Å². The van der Waals surface area contributed by atoms with Crippen molar-refractivity contribution < 1.29 is 0 Å². The Morgan fingerprint density at radius 2 is 2.14 bits per heavy atom. The first-order valence-electron chi connectivity index (χ1n) is 4.25. The Bertz CT molecular complexity index is 560. The van der Waals surface area contributed by atoms with Gasteiger partial charge in [0.15, 0.2) is 0 Å². The third kappa shape index (κ3) is 1.43. The fourth-order valence-corrected chi connectivity index (χ4v) is 1.97. The maximum absolute atomic E-state index is 11.8. The number of halogens is 1. The highest BCUT2D eigenvalue weighted by Gasteiger charge is 2.06. The molecule has 14 heavy (non-hydrogen) atoms. The molecule has 72 valence electrons. The smallest absolute Gasteiger partial charge is 0.204 e. The molecule has 0 spiro atoms. The zero-order chi connectivity index (χ0) is 10.3. The lowest BCUT2D eigenvalue weighted by Crippen LogP contribution is -2.09. The lowest BCUT2D eigenvalue weighted by atomic mass is 10.1. The Labute approximate surface area is 94.7 Å². The summed E-state index contributed by atoms with van der Waals surface area (Å²) in [4.78, 5) is 19.1. The molecule has 2 aromatic rings. The molecule has 0 fully saturated rings. The predicted octanol–water partition coefficient (Wildman–Crippen LogP) is 2.14. The summed E-state index contributed by atoms with van der Waals surface area (Å²) in [5, 5.41) is 0.697. The van der Waals surface area contributed by atoms with Gasteiger partial charge in [0, 0.05) is 11.9 Å². The molecule has 0 aliphatic heterocycles. The molecule has 0 aliphatic carbocycles. The molecule has 0 unspecified atom stereocenters. The Hall–Kier alpha value is -0.910. The second-order valence-electron chi connectivity index (χ2n) is 3.27. The largest absolute Gasteiger partial charge is 0.345 e. The van der Waals surface area contributed by atoms with E-state index < -0.39 is 0 Å². The van der Waals surface area contributed by atoms with Gasteiger partial charge in [-0.1, -0.05) is 0 Å². The van der Waals surface area contributed by atoms with Crippen molar-refractivity contribution in [2.24, 2.45) is 0 Å². The van der Waals surface area contributed by atoms with Crippen molar-refractivity contribution in [2.45, 2.75) is 13.8 Å². The fourth-order valence-electron chi connectivity index (χ4n) is 1.54. The Balaban J connectivity index is 3.03. The van der Waals surface area contributed by atoms with Crippen LogP contribution in [0.15, 0.2) is 17.1 Å². The number of nitrogens with one attached hydrogen (secondary N) is 1. The number of nitrogens with zero attached hydrogens (tertiary/aromatic N) is 1. The third-order valence-electron chi connectivity index (χ3n) is 2.12. The van der Waals surface area contributed by atoms with E-state index in [1.165, 1.54) is 0 Å². The Morgan fingerprint density at radius 1 is 1.43 bits per heavy atom. The molecule has 3 nitrogen and oxygen atoms in total. The molecule has 0 aromatic carbocycles. The molecule has 2 rings (SSSR count). The van der Waals surface area contributed by atoms with Crippen LogP contribution in [-0.4, -0.2) is 9.97 Å². The van der Waals surface area contributed by atoms with Crippen LogP contribution in [0.1, 0.15) is 11.3 Å². The molecule has 2 aromatic heterocycles. The van der Waals surface area contributed by atoms with Gasteiger partial charge < -0.3 is 4.98 Å². The summed E-state index contributed by atoms with van der Waals surface area (Å²) in [6.07, 6.45) is 1.69. The molecular weight excluding hydrogens is 291 g/mol. The van der Waals surface area contributed by atoms with Crippen molar-refractivity contribution in [1.29, 1.82) is 0 Å². The number of H-pyrrole nitrogens is 1. The first kappa shape index (κ1) is 9.64. The predicted molar refractivity (Wildman–Crippen MR) is 64.6 cm³/mol. The lowest BCUT2D eigenvalue weighted by Gasteiger charge is -2.02. The van der Waals surface area contributed by atoms with E-state index in [9.17, 15) is 4.79 Å². The molecule has 1 N–H and O–H groups in total. The van der Waals surface area contributed by atoms with Gasteiger partial charge in [0.2, 0.25) is 5.43 Å². The zero-order valence-electron chi connectivity index (χ0n) is 7.89. The number of rotatable bonds is 0. The molecule has 0 radical (unpaired) electrons. The van der Waals surface area contributed by atoms with E-state index >= 15 is 0 Å². The van der Waals surface area contributed by atoms with Crippen molar-refractivity contribution in [3.05, 3.63) is 37.3 Å². The van der Waals surface area contributed by atoms with Gasteiger partial charge in [-0.25, -0.2) is 4.98 Å². The molecular formula is C10H9IN2O. The Kier molecular flexibility index (Phi) is 2.30. The summed E-state index contributed by atoms with van der Waals surface area (Å²) in [6.45, 7) is 3.85. The standard InChI is InChI=1S/C10H9IN2O/c1-5-3-6(2)13-10-8(5)9(14)7(11)4-12-10/h3-4H,1-2H3,(H,12,13,14). The average molecular weight is 300 g/mol. The molecule has 0 saturated carbocycles. The Morgan fingerprint density at radius 3 is 2.86 bits per heavy atom. The van der Waals surface area contributed by atoms with Gasteiger partial charge in [-0.15, -0.1) is 0 Å². The number of hydrogen-bond donors (Lipinski definition) is 1. The van der Waals surface area contributed by atoms with Crippen LogP contribution in [0.25, 0.3) is 11.0 Å². The molecule has 2 heterocycles. The second-order valence-corrected chi connectivity index (χ2v) is 4.43. The van der Waals surface area contributed by atoms with Crippen LogP contribution in [0.5, 0.6) is 0 Å². The van der Waals surface area contributed by atoms with Crippen molar-refractivity contribution in [3.63, 3.8) is 0 Å². The summed E-state index contributed by atoms with van der Waals surface area (Å²) in [5.74, 6) is 0. The van der Waals surface area contributed by atoms with Gasteiger partial charge in [-0.2, -0.15) is 0 Å². The van der Waals surface area contributed by atoms with Crippen LogP contribution >= 0.6 is 22.6 Å². The van der Waals surface area contributed by atoms with Crippen molar-refractivity contribution in [2.75, 3.05) is 0 Å². The zero-order valence-corrected chi connectivity index (χ0v) is 10.0. The van der Waals surface area contributed by atoms with E-state index in [4.69, 9.17) is 0 Å². The average Bonchev–Trinajstić information content (AvgIpc) is 2.10. The third-order valence-corrected chi connectivity index (χ3v) is 2.93. The van der Waals surface area contributed by atoms with Gasteiger partial charge >= 0.3 is 0 Å². The topological polar surface area (TPSA) is 45.8 Å². The summed E-state index contributed by atoms with van der Waals surface area (Å²) in [6, 6.07) is 1.92. The van der Waals surface area contributed by atoms with E-state index in [1.807, 2.05) is 42.5 Å². The summed E-state index contributed by atoms with van der Waals surface area (Å²) in [7, 11) is 0. The van der Waals surface area contributed by atoms with Crippen LogP contribution in [0.3, 0.4) is 0 Å². The SMILES string of the molecule is Cc1cc(C)c2c(=O)c(I)c[nH]c2n1. The number of aryl methyl sites for hydroxylation is 2. The molecule has 0 amide bonds. The van der Waals surface area contributed by atoms with E-state index in [1.54, 1.807) is 6.20 Å². The lowest BCUT2D eigenvalue weighted by molar-refractivity contribution is 1.17. The first-order chi connectivity index (χ1) is 6.59. The molecule has 0 atom stereocenters. The maximum Gasteiger partial charge on any atom is 0.204 e. The highest BCUT2D eigenvalue weighted by molar-refractivity contribution is 14.1. The van der Waals surface area contributed by atoms with E-state index in [2.05, 4.69) is 9.97 Å². The fraction of sp³-hybridized carbons (Fsp3) is 0.200. The van der Waals surface area contributed by atoms with Crippen molar-refractivity contribution in [3.8, 4) is 0 Å². The number of fused-ring (bicyclic) bond motifs is 1. The van der Waals surface area contributed by atoms with Crippen molar-refractivity contribution in [1.82, 2.24) is 9.97 Å². The number of aromatic nitrogens is 2. The van der Waals surface area contributed by atoms with Crippen LogP contribution in [0.2, 0.25) is 0 Å². The van der Waals surface area contributed by atoms with Crippen molar-refractivity contribution >= 4 is 33.6 Å². The molecule has 0 saturated heterocycles. The highest BCUT2D eigenvalue weighted by Crippen LogP contribution is 2.12. The maximum atomic E-state index is 11.8. The summed E-state index contributed by atoms with van der Waals surface area (Å²) >= 11 is 2.03. The minimum absolute atomic E-state index is 0.0596. The minimum Gasteiger partial charge on any atom is -0.345 e.